The third-order valence-corrected chi connectivity index (χ3v) is 3.64. The second-order valence-corrected chi connectivity index (χ2v) is 4.89. The van der Waals surface area contributed by atoms with Crippen LogP contribution in [0.4, 0.5) is 0 Å². The van der Waals surface area contributed by atoms with Crippen molar-refractivity contribution in [2.75, 3.05) is 0 Å². The van der Waals surface area contributed by atoms with E-state index in [1.54, 1.807) is 0 Å². The Morgan fingerprint density at radius 3 is 2.79 bits per heavy atom. The molecule has 1 rings (SSSR count). The summed E-state index contributed by atoms with van der Waals surface area (Å²) in [5.74, 6) is 0. The van der Waals surface area contributed by atoms with Crippen molar-refractivity contribution in [2.24, 2.45) is 4.99 Å². The lowest BCUT2D eigenvalue weighted by Crippen LogP contribution is -2.18. The van der Waals surface area contributed by atoms with Crippen LogP contribution in [0.25, 0.3) is 0 Å². The fraction of sp³-hybridized carbons (Fsp3) is 0.750. The number of aliphatic imine (C=N–C) groups is 1. The fourth-order valence-corrected chi connectivity index (χ4v) is 2.58. The fourth-order valence-electron chi connectivity index (χ4n) is 1.63. The molecule has 0 amide bonds. The van der Waals surface area contributed by atoms with Crippen molar-refractivity contribution in [3.05, 3.63) is 11.6 Å². The minimum Gasteiger partial charge on any atom is -0.264 e. The van der Waals surface area contributed by atoms with Crippen LogP contribution < -0.4 is 0 Å². The van der Waals surface area contributed by atoms with Crippen LogP contribution in [-0.2, 0) is 0 Å². The molecule has 1 nitrogen and oxygen atoms in total. The van der Waals surface area contributed by atoms with Gasteiger partial charge in [-0.2, -0.15) is 0 Å². The van der Waals surface area contributed by atoms with Gasteiger partial charge >= 0.3 is 0 Å². The van der Waals surface area contributed by atoms with Crippen molar-refractivity contribution in [1.29, 1.82) is 0 Å². The van der Waals surface area contributed by atoms with Crippen molar-refractivity contribution >= 4 is 17.5 Å². The van der Waals surface area contributed by atoms with Crippen LogP contribution in [0.2, 0.25) is 0 Å². The Hall–Kier alpha value is -0.240. The van der Waals surface area contributed by atoms with Gasteiger partial charge < -0.3 is 0 Å². The molecule has 0 saturated heterocycles. The molecule has 1 heterocycles. The van der Waals surface area contributed by atoms with Gasteiger partial charge in [0.2, 0.25) is 0 Å². The smallest absolute Gasteiger partial charge is 0.0472 e. The van der Waals surface area contributed by atoms with E-state index >= 15 is 0 Å². The van der Waals surface area contributed by atoms with Crippen LogP contribution in [0, 0.1) is 0 Å². The Bertz CT molecular complexity index is 208. The van der Waals surface area contributed by atoms with Gasteiger partial charge in [-0.3, -0.25) is 4.99 Å². The Labute approximate surface area is 92.1 Å². The number of hydrogen-bond donors (Lipinski definition) is 0. The highest BCUT2D eigenvalue weighted by molar-refractivity contribution is 8.03. The summed E-state index contributed by atoms with van der Waals surface area (Å²) in [5, 5.41) is 2.81. The molecule has 0 aliphatic carbocycles. The van der Waals surface area contributed by atoms with Gasteiger partial charge in [-0.25, -0.2) is 0 Å². The summed E-state index contributed by atoms with van der Waals surface area (Å²) in [5.41, 5.74) is 1.42. The SMILES string of the molecule is CCCCC1=NC=CSC1CCCC. The van der Waals surface area contributed by atoms with Crippen LogP contribution in [0.1, 0.15) is 52.4 Å². The highest BCUT2D eigenvalue weighted by atomic mass is 32.2. The molecular weight excluding hydrogens is 190 g/mol. The van der Waals surface area contributed by atoms with Crippen molar-refractivity contribution in [1.82, 2.24) is 0 Å². The molecule has 0 aromatic rings. The summed E-state index contributed by atoms with van der Waals surface area (Å²) in [6.07, 6.45) is 9.64. The third-order valence-electron chi connectivity index (χ3n) is 2.52. The molecule has 1 aliphatic rings. The molecule has 0 saturated carbocycles. The highest BCUT2D eigenvalue weighted by Gasteiger charge is 2.16. The van der Waals surface area contributed by atoms with Crippen molar-refractivity contribution in [3.63, 3.8) is 0 Å². The lowest BCUT2D eigenvalue weighted by atomic mass is 10.1. The summed E-state index contributed by atoms with van der Waals surface area (Å²) in [6, 6.07) is 0. The standard InChI is InChI=1S/C12H21NS/c1-3-5-7-11-12(8-6-4-2)14-10-9-13-11/h9-10,12H,3-8H2,1-2H3. The van der Waals surface area contributed by atoms with E-state index in [4.69, 9.17) is 0 Å². The van der Waals surface area contributed by atoms with Gasteiger partial charge in [-0.05, 0) is 24.7 Å². The van der Waals surface area contributed by atoms with Gasteiger partial charge in [0.05, 0.1) is 0 Å². The topological polar surface area (TPSA) is 12.4 Å². The van der Waals surface area contributed by atoms with E-state index < -0.39 is 0 Å². The first-order chi connectivity index (χ1) is 6.88. The maximum absolute atomic E-state index is 4.52. The number of rotatable bonds is 6. The van der Waals surface area contributed by atoms with E-state index in [0.29, 0.717) is 5.25 Å². The Morgan fingerprint density at radius 2 is 2.07 bits per heavy atom. The van der Waals surface area contributed by atoms with Crippen molar-refractivity contribution < 1.29 is 0 Å². The molecule has 0 radical (unpaired) electrons. The minimum atomic E-state index is 0.673. The zero-order valence-electron chi connectivity index (χ0n) is 9.33. The molecule has 0 aromatic carbocycles. The molecule has 14 heavy (non-hydrogen) atoms. The summed E-state index contributed by atoms with van der Waals surface area (Å²) >= 11 is 1.95. The predicted octanol–water partition coefficient (Wildman–Crippen LogP) is 4.39. The molecule has 0 bridgehead atoms. The highest BCUT2D eigenvalue weighted by Crippen LogP contribution is 2.25. The first-order valence-electron chi connectivity index (χ1n) is 5.75. The molecule has 2 heteroatoms. The van der Waals surface area contributed by atoms with Gasteiger partial charge in [0.1, 0.15) is 0 Å². The largest absolute Gasteiger partial charge is 0.264 e. The van der Waals surface area contributed by atoms with Crippen LogP contribution in [-0.4, -0.2) is 11.0 Å². The number of nitrogens with zero attached hydrogens (tertiary/aromatic N) is 1. The van der Waals surface area contributed by atoms with E-state index in [1.165, 1.54) is 44.2 Å². The Morgan fingerprint density at radius 1 is 1.29 bits per heavy atom. The van der Waals surface area contributed by atoms with Gasteiger partial charge in [0.25, 0.3) is 0 Å². The molecule has 1 atom stereocenters. The van der Waals surface area contributed by atoms with E-state index in [9.17, 15) is 0 Å². The zero-order valence-corrected chi connectivity index (χ0v) is 10.1. The van der Waals surface area contributed by atoms with E-state index in [2.05, 4.69) is 24.2 Å². The summed E-state index contributed by atoms with van der Waals surface area (Å²) in [6.45, 7) is 4.50. The lowest BCUT2D eigenvalue weighted by molar-refractivity contribution is 0.736. The second kappa shape index (κ2) is 7.10. The summed E-state index contributed by atoms with van der Waals surface area (Å²) in [4.78, 5) is 4.52. The average Bonchev–Trinajstić information content (AvgIpc) is 2.24. The quantitative estimate of drug-likeness (QED) is 0.634. The Kier molecular flexibility index (Phi) is 6.00. The van der Waals surface area contributed by atoms with Crippen LogP contribution in [0.5, 0.6) is 0 Å². The normalized spacial score (nSPS) is 21.0. The van der Waals surface area contributed by atoms with Gasteiger partial charge in [0.15, 0.2) is 0 Å². The molecule has 0 N–H and O–H groups in total. The monoisotopic (exact) mass is 211 g/mol. The summed E-state index contributed by atoms with van der Waals surface area (Å²) < 4.78 is 0. The molecule has 0 spiro atoms. The molecule has 1 aliphatic heterocycles. The minimum absolute atomic E-state index is 0.673. The maximum atomic E-state index is 4.52. The number of thioether (sulfide) groups is 1. The maximum Gasteiger partial charge on any atom is 0.0472 e. The third kappa shape index (κ3) is 3.87. The molecule has 0 aromatic heterocycles. The van der Waals surface area contributed by atoms with E-state index in [0.717, 1.165) is 0 Å². The van der Waals surface area contributed by atoms with Crippen LogP contribution in [0.15, 0.2) is 16.6 Å². The first kappa shape index (κ1) is 11.8. The van der Waals surface area contributed by atoms with Gasteiger partial charge in [0, 0.05) is 17.2 Å². The zero-order chi connectivity index (χ0) is 10.2. The first-order valence-corrected chi connectivity index (χ1v) is 6.69. The van der Waals surface area contributed by atoms with Crippen molar-refractivity contribution in [2.45, 2.75) is 57.6 Å². The van der Waals surface area contributed by atoms with E-state index in [-0.39, 0.29) is 0 Å². The second-order valence-electron chi connectivity index (χ2n) is 3.78. The number of unbranched alkanes of at least 4 members (excludes halogenated alkanes) is 2. The van der Waals surface area contributed by atoms with Crippen LogP contribution in [0.3, 0.4) is 0 Å². The molecule has 1 unspecified atom stereocenters. The average molecular weight is 211 g/mol. The predicted molar refractivity (Wildman–Crippen MR) is 67.0 cm³/mol. The van der Waals surface area contributed by atoms with E-state index in [1.807, 2.05) is 18.0 Å². The van der Waals surface area contributed by atoms with Gasteiger partial charge in [-0.1, -0.05) is 33.1 Å². The number of hydrogen-bond acceptors (Lipinski definition) is 2. The Balaban J connectivity index is 2.40. The molecular formula is C12H21NS. The molecule has 80 valence electrons. The lowest BCUT2D eigenvalue weighted by Gasteiger charge is -2.19. The van der Waals surface area contributed by atoms with Crippen molar-refractivity contribution in [3.8, 4) is 0 Å². The summed E-state index contributed by atoms with van der Waals surface area (Å²) in [7, 11) is 0. The molecule has 0 fully saturated rings. The van der Waals surface area contributed by atoms with Gasteiger partial charge in [-0.15, -0.1) is 11.8 Å². The van der Waals surface area contributed by atoms with Crippen LogP contribution >= 0.6 is 11.8 Å².